The molecule has 0 bridgehead atoms. The Morgan fingerprint density at radius 2 is 1.06 bits per heavy atom. The predicted molar refractivity (Wildman–Crippen MR) is 284 cm³/mol. The second-order valence-electron chi connectivity index (χ2n) is 19.0. The lowest BCUT2D eigenvalue weighted by atomic mass is 9.36. The largest absolute Gasteiger partial charge is 0.311 e. The van der Waals surface area contributed by atoms with Gasteiger partial charge in [0.2, 0.25) is 0 Å². The lowest BCUT2D eigenvalue weighted by Crippen LogP contribution is -2.60. The fourth-order valence-electron chi connectivity index (χ4n) is 12.2. The molecule has 2 aliphatic carbocycles. The molecule has 0 radical (unpaired) electrons. The Hall–Kier alpha value is -7.66. The molecule has 14 rings (SSSR count). The number of thiophene rings is 1. The lowest BCUT2D eigenvalue weighted by molar-refractivity contribution is 0.811. The van der Waals surface area contributed by atoms with Crippen LogP contribution >= 0.6 is 11.3 Å². The van der Waals surface area contributed by atoms with E-state index in [1.807, 2.05) is 11.3 Å². The molecule has 9 aromatic carbocycles. The van der Waals surface area contributed by atoms with E-state index in [0.717, 1.165) is 0 Å². The van der Waals surface area contributed by atoms with Gasteiger partial charge in [-0.25, -0.2) is 0 Å². The molecule has 1 spiro atoms. The van der Waals surface area contributed by atoms with Gasteiger partial charge in [0.05, 0.1) is 11.1 Å². The number of aryl methyl sites for hydroxylation is 1. The van der Waals surface area contributed by atoms with Gasteiger partial charge in [-0.1, -0.05) is 189 Å². The van der Waals surface area contributed by atoms with Gasteiger partial charge in [-0.05, 0) is 127 Å². The third kappa shape index (κ3) is 5.28. The maximum Gasteiger partial charge on any atom is 0.264 e. The second-order valence-corrected chi connectivity index (χ2v) is 20.0. The van der Waals surface area contributed by atoms with Gasteiger partial charge in [0.25, 0.3) is 6.71 Å². The second kappa shape index (κ2) is 14.4. The van der Waals surface area contributed by atoms with E-state index in [9.17, 15) is 0 Å². The zero-order valence-electron chi connectivity index (χ0n) is 37.7. The summed E-state index contributed by atoms with van der Waals surface area (Å²) in [5, 5.41) is 0. The monoisotopic (exact) mass is 872 g/mol. The van der Waals surface area contributed by atoms with Gasteiger partial charge < -0.3 is 9.80 Å². The minimum absolute atomic E-state index is 0.00537. The maximum absolute atomic E-state index is 2.61. The van der Waals surface area contributed by atoms with Crippen LogP contribution in [-0.2, 0) is 5.41 Å². The van der Waals surface area contributed by atoms with Crippen molar-refractivity contribution in [3.8, 4) is 44.5 Å². The van der Waals surface area contributed by atoms with Crippen molar-refractivity contribution in [1.29, 1.82) is 0 Å². The number of fused-ring (bicyclic) bond motifs is 15. The van der Waals surface area contributed by atoms with Crippen LogP contribution in [0.25, 0.3) is 44.5 Å². The van der Waals surface area contributed by atoms with Crippen molar-refractivity contribution in [3.05, 3.63) is 245 Å². The Morgan fingerprint density at radius 1 is 0.463 bits per heavy atom. The maximum atomic E-state index is 2.61. The fourth-order valence-corrected chi connectivity index (χ4v) is 13.9. The van der Waals surface area contributed by atoms with E-state index in [1.165, 1.54) is 127 Å². The Morgan fingerprint density at radius 3 is 1.75 bits per heavy atom. The highest BCUT2D eigenvalue weighted by Crippen LogP contribution is 2.66. The highest BCUT2D eigenvalue weighted by atomic mass is 32.1. The van der Waals surface area contributed by atoms with Crippen LogP contribution in [0.15, 0.2) is 212 Å². The first-order chi connectivity index (χ1) is 33.0. The molecule has 2 aliphatic heterocycles. The van der Waals surface area contributed by atoms with Gasteiger partial charge in [0.1, 0.15) is 0 Å². The molecular formula is C63H45BN2S. The lowest BCUT2D eigenvalue weighted by Gasteiger charge is -2.43. The molecule has 0 saturated carbocycles. The van der Waals surface area contributed by atoms with Gasteiger partial charge >= 0.3 is 0 Å². The molecule has 67 heavy (non-hydrogen) atoms. The SMILES string of the molecule is Cc1ccc(-c2ccccc2)c(-c2ccc3c(c2)N(c2ccc(C(C)C)cc2)c2cccc4c2B3c2sc3c(c2N4c2ccccc2)-c2ccccc2C32c3ccccc3-c3ccccc32)c1. The van der Waals surface area contributed by atoms with E-state index >= 15 is 0 Å². The van der Waals surface area contributed by atoms with Crippen LogP contribution in [0, 0.1) is 6.92 Å². The third-order valence-corrected chi connectivity index (χ3v) is 16.5. The first-order valence-corrected chi connectivity index (χ1v) is 24.5. The average molecular weight is 873 g/mol. The van der Waals surface area contributed by atoms with Gasteiger partial charge in [-0.2, -0.15) is 0 Å². The van der Waals surface area contributed by atoms with Gasteiger partial charge in [-0.15, -0.1) is 11.3 Å². The van der Waals surface area contributed by atoms with E-state index < -0.39 is 5.41 Å². The summed E-state index contributed by atoms with van der Waals surface area (Å²) < 4.78 is 1.40. The van der Waals surface area contributed by atoms with Crippen molar-refractivity contribution in [1.82, 2.24) is 0 Å². The smallest absolute Gasteiger partial charge is 0.264 e. The van der Waals surface area contributed by atoms with Crippen molar-refractivity contribution in [2.75, 3.05) is 9.80 Å². The summed E-state index contributed by atoms with van der Waals surface area (Å²) in [7, 11) is 0. The number of rotatable bonds is 5. The molecule has 0 amide bonds. The molecule has 4 aliphatic rings. The Labute approximate surface area is 397 Å². The molecule has 0 fully saturated rings. The van der Waals surface area contributed by atoms with E-state index in [2.05, 4.69) is 243 Å². The first kappa shape index (κ1) is 38.6. The number of benzene rings is 9. The normalized spacial score (nSPS) is 14.1. The van der Waals surface area contributed by atoms with Crippen LogP contribution in [0.4, 0.5) is 34.1 Å². The summed E-state index contributed by atoms with van der Waals surface area (Å²) in [6, 6.07) is 80.3. The Balaban J connectivity index is 1.09. The molecule has 10 aromatic rings. The summed E-state index contributed by atoms with van der Waals surface area (Å²) in [5.74, 6) is 0.437. The minimum atomic E-state index is -0.441. The third-order valence-electron chi connectivity index (χ3n) is 15.1. The molecule has 0 atom stereocenters. The Bertz CT molecular complexity index is 3600. The van der Waals surface area contributed by atoms with Crippen molar-refractivity contribution in [3.63, 3.8) is 0 Å². The van der Waals surface area contributed by atoms with Crippen molar-refractivity contribution < 1.29 is 0 Å². The standard InChI is InChI=1S/C63H45BN2S/c1-39(2)41-30-33-45(34-31-41)65-55-27-16-28-56-59(55)64(54-36-32-43(38-57(54)65)50-37-40(3)29-35-46(50)42-17-6-4-7-18-42)62-60(66(56)44-19-8-5-9-20-44)58-49-23-12-15-26-53(49)63(61(58)67-62)51-24-13-10-21-47(51)48-22-11-14-25-52(48)63/h4-39H,1-3H3. The van der Waals surface area contributed by atoms with Crippen LogP contribution in [-0.4, -0.2) is 6.71 Å². The van der Waals surface area contributed by atoms with E-state index in [4.69, 9.17) is 0 Å². The van der Waals surface area contributed by atoms with Gasteiger partial charge in [0, 0.05) is 43.7 Å². The van der Waals surface area contributed by atoms with E-state index in [0.29, 0.717) is 5.92 Å². The molecule has 2 nitrogen and oxygen atoms in total. The Kier molecular flexibility index (Phi) is 8.31. The van der Waals surface area contributed by atoms with Crippen LogP contribution < -0.4 is 25.5 Å². The molecule has 3 heterocycles. The summed E-state index contributed by atoms with van der Waals surface area (Å²) in [5.41, 5.74) is 26.6. The molecule has 1 aromatic heterocycles. The van der Waals surface area contributed by atoms with Crippen LogP contribution in [0.3, 0.4) is 0 Å². The predicted octanol–water partition coefficient (Wildman–Crippen LogP) is 14.9. The molecule has 4 heteroatoms. The van der Waals surface area contributed by atoms with Crippen LogP contribution in [0.2, 0.25) is 0 Å². The van der Waals surface area contributed by atoms with Gasteiger partial charge in [0.15, 0.2) is 0 Å². The summed E-state index contributed by atoms with van der Waals surface area (Å²) in [6.45, 7) is 6.76. The van der Waals surface area contributed by atoms with Crippen molar-refractivity contribution in [2.45, 2.75) is 32.1 Å². The summed E-state index contributed by atoms with van der Waals surface area (Å²) in [6.07, 6.45) is 0. The zero-order valence-corrected chi connectivity index (χ0v) is 38.5. The number of anilines is 6. The number of para-hydroxylation sites is 1. The summed E-state index contributed by atoms with van der Waals surface area (Å²) in [4.78, 5) is 6.59. The van der Waals surface area contributed by atoms with Crippen LogP contribution in [0.1, 0.15) is 52.5 Å². The average Bonchev–Trinajstić information content (AvgIpc) is 4.01. The molecular weight excluding hydrogens is 828 g/mol. The highest BCUT2D eigenvalue weighted by molar-refractivity contribution is 7.30. The van der Waals surface area contributed by atoms with Crippen molar-refractivity contribution >= 4 is 67.9 Å². The first-order valence-electron chi connectivity index (χ1n) is 23.7. The van der Waals surface area contributed by atoms with Gasteiger partial charge in [-0.3, -0.25) is 0 Å². The quantitative estimate of drug-likeness (QED) is 0.159. The highest BCUT2D eigenvalue weighted by Gasteiger charge is 2.56. The number of hydrogen-bond donors (Lipinski definition) is 0. The number of nitrogens with zero attached hydrogens (tertiary/aromatic N) is 2. The molecule has 0 N–H and O–H groups in total. The van der Waals surface area contributed by atoms with Crippen molar-refractivity contribution in [2.24, 2.45) is 0 Å². The van der Waals surface area contributed by atoms with E-state index in [1.54, 1.807) is 0 Å². The molecule has 316 valence electrons. The van der Waals surface area contributed by atoms with Crippen LogP contribution in [0.5, 0.6) is 0 Å². The fraction of sp³-hybridized carbons (Fsp3) is 0.0794. The molecule has 0 unspecified atom stereocenters. The minimum Gasteiger partial charge on any atom is -0.311 e. The van der Waals surface area contributed by atoms with E-state index in [-0.39, 0.29) is 6.71 Å². The number of hydrogen-bond acceptors (Lipinski definition) is 3. The topological polar surface area (TPSA) is 6.48 Å². The zero-order chi connectivity index (χ0) is 44.5. The summed E-state index contributed by atoms with van der Waals surface area (Å²) >= 11 is 2.05. The molecule has 0 saturated heterocycles.